The Morgan fingerprint density at radius 1 is 1.19 bits per heavy atom. The van der Waals surface area contributed by atoms with Crippen LogP contribution >= 0.6 is 0 Å². The molecule has 0 radical (unpaired) electrons. The molecule has 0 aliphatic carbocycles. The predicted molar refractivity (Wildman–Crippen MR) is 102 cm³/mol. The average molecular weight is 357 g/mol. The molecule has 0 spiro atoms. The minimum Gasteiger partial charge on any atom is -0.497 e. The maximum absolute atomic E-state index is 14.0. The quantitative estimate of drug-likeness (QED) is 0.529. The lowest BCUT2D eigenvalue weighted by molar-refractivity contribution is 0.104. The summed E-state index contributed by atoms with van der Waals surface area (Å²) in [7, 11) is 5.40. The van der Waals surface area contributed by atoms with E-state index in [2.05, 4.69) is 0 Å². The van der Waals surface area contributed by atoms with Crippen molar-refractivity contribution < 1.29 is 18.7 Å². The number of methoxy groups -OCH3 is 1. The van der Waals surface area contributed by atoms with Crippen LogP contribution in [-0.2, 0) is 0 Å². The van der Waals surface area contributed by atoms with E-state index < -0.39 is 11.6 Å². The third kappa shape index (κ3) is 5.43. The van der Waals surface area contributed by atoms with Crippen LogP contribution in [0.1, 0.15) is 21.5 Å². The second-order valence-electron chi connectivity index (χ2n) is 6.24. The fraction of sp³-hybridized carbons (Fsp3) is 0.286. The van der Waals surface area contributed by atoms with Gasteiger partial charge in [-0.2, -0.15) is 0 Å². The van der Waals surface area contributed by atoms with Crippen molar-refractivity contribution in [2.45, 2.75) is 6.92 Å². The average Bonchev–Trinajstić information content (AvgIpc) is 2.60. The van der Waals surface area contributed by atoms with E-state index in [1.165, 1.54) is 25.3 Å². The molecule has 0 N–H and O–H groups in total. The smallest absolute Gasteiger partial charge is 0.188 e. The minimum absolute atomic E-state index is 0.00443. The van der Waals surface area contributed by atoms with Gasteiger partial charge < -0.3 is 14.4 Å². The minimum atomic E-state index is -0.606. The van der Waals surface area contributed by atoms with Crippen LogP contribution in [0.5, 0.6) is 11.5 Å². The van der Waals surface area contributed by atoms with Gasteiger partial charge in [-0.1, -0.05) is 11.6 Å². The van der Waals surface area contributed by atoms with Crippen molar-refractivity contribution in [3.63, 3.8) is 0 Å². The highest BCUT2D eigenvalue weighted by molar-refractivity contribution is 6.07. The molecular weight excluding hydrogens is 333 g/mol. The lowest BCUT2D eigenvalue weighted by atomic mass is 10.1. The number of allylic oxidation sites excluding steroid dienone is 1. The third-order valence-corrected chi connectivity index (χ3v) is 3.82. The zero-order valence-corrected chi connectivity index (χ0v) is 15.6. The molecule has 0 heterocycles. The largest absolute Gasteiger partial charge is 0.497 e. The van der Waals surface area contributed by atoms with Crippen LogP contribution in [0.4, 0.5) is 4.39 Å². The highest BCUT2D eigenvalue weighted by atomic mass is 19.1. The van der Waals surface area contributed by atoms with Crippen LogP contribution in [0.2, 0.25) is 0 Å². The first kappa shape index (κ1) is 19.7. The molecule has 0 aliphatic heterocycles. The zero-order valence-electron chi connectivity index (χ0n) is 15.6. The molecule has 4 nitrogen and oxygen atoms in total. The Kier molecular flexibility index (Phi) is 6.92. The van der Waals surface area contributed by atoms with Gasteiger partial charge in [-0.15, -0.1) is 0 Å². The summed E-state index contributed by atoms with van der Waals surface area (Å²) in [5.74, 6) is 0.0478. The van der Waals surface area contributed by atoms with Crippen molar-refractivity contribution >= 4 is 11.9 Å². The maximum Gasteiger partial charge on any atom is 0.188 e. The van der Waals surface area contributed by atoms with Crippen molar-refractivity contribution in [2.75, 3.05) is 34.4 Å². The number of ketones is 1. The number of nitrogens with zero attached hydrogens (tertiary/aromatic N) is 1. The van der Waals surface area contributed by atoms with E-state index in [-0.39, 0.29) is 5.56 Å². The van der Waals surface area contributed by atoms with Gasteiger partial charge in [0.2, 0.25) is 0 Å². The van der Waals surface area contributed by atoms with E-state index in [0.717, 1.165) is 17.7 Å². The molecule has 0 aromatic heterocycles. The van der Waals surface area contributed by atoms with Crippen LogP contribution in [0.25, 0.3) is 6.08 Å². The Morgan fingerprint density at radius 2 is 1.96 bits per heavy atom. The van der Waals surface area contributed by atoms with E-state index in [1.807, 2.05) is 44.1 Å². The van der Waals surface area contributed by atoms with Crippen LogP contribution in [0.15, 0.2) is 42.5 Å². The van der Waals surface area contributed by atoms with Crippen molar-refractivity contribution in [3.05, 3.63) is 65.0 Å². The first-order valence-electron chi connectivity index (χ1n) is 8.35. The summed E-state index contributed by atoms with van der Waals surface area (Å²) in [6.07, 6.45) is 3.02. The first-order valence-corrected chi connectivity index (χ1v) is 8.35. The Bertz CT molecular complexity index is 800. The van der Waals surface area contributed by atoms with Gasteiger partial charge in [0.05, 0.1) is 12.7 Å². The summed E-state index contributed by atoms with van der Waals surface area (Å²) in [4.78, 5) is 14.4. The summed E-state index contributed by atoms with van der Waals surface area (Å²) in [6, 6.07) is 9.94. The lowest BCUT2D eigenvalue weighted by Gasteiger charge is -2.13. The Balaban J connectivity index is 2.18. The lowest BCUT2D eigenvalue weighted by Crippen LogP contribution is -2.19. The number of hydrogen-bond acceptors (Lipinski definition) is 4. The van der Waals surface area contributed by atoms with Gasteiger partial charge in [0, 0.05) is 18.2 Å². The number of benzene rings is 2. The van der Waals surface area contributed by atoms with Gasteiger partial charge in [0.1, 0.15) is 23.9 Å². The molecule has 138 valence electrons. The summed E-state index contributed by atoms with van der Waals surface area (Å²) in [5.41, 5.74) is 1.84. The van der Waals surface area contributed by atoms with Crippen LogP contribution < -0.4 is 9.47 Å². The third-order valence-electron chi connectivity index (χ3n) is 3.82. The monoisotopic (exact) mass is 357 g/mol. The van der Waals surface area contributed by atoms with Gasteiger partial charge in [-0.3, -0.25) is 4.79 Å². The number of carbonyl (C=O) groups excluding carboxylic acids is 1. The van der Waals surface area contributed by atoms with Gasteiger partial charge in [-0.05, 0) is 57.4 Å². The highest BCUT2D eigenvalue weighted by Crippen LogP contribution is 2.23. The van der Waals surface area contributed by atoms with E-state index in [1.54, 1.807) is 12.1 Å². The first-order chi connectivity index (χ1) is 12.4. The number of aryl methyl sites for hydroxylation is 1. The molecule has 0 amide bonds. The molecule has 0 bridgehead atoms. The molecule has 0 saturated carbocycles. The number of carbonyl (C=O) groups is 1. The molecule has 5 heteroatoms. The van der Waals surface area contributed by atoms with Crippen molar-refractivity contribution in [2.24, 2.45) is 0 Å². The van der Waals surface area contributed by atoms with Crippen LogP contribution in [-0.4, -0.2) is 45.0 Å². The van der Waals surface area contributed by atoms with Gasteiger partial charge >= 0.3 is 0 Å². The Labute approximate surface area is 153 Å². The van der Waals surface area contributed by atoms with Gasteiger partial charge in [0.25, 0.3) is 0 Å². The van der Waals surface area contributed by atoms with E-state index in [4.69, 9.17) is 9.47 Å². The molecule has 26 heavy (non-hydrogen) atoms. The molecule has 0 unspecified atom stereocenters. The molecule has 2 rings (SSSR count). The summed E-state index contributed by atoms with van der Waals surface area (Å²) >= 11 is 0. The van der Waals surface area contributed by atoms with Crippen LogP contribution in [0, 0.1) is 12.7 Å². The number of ether oxygens (including phenoxy) is 2. The van der Waals surface area contributed by atoms with E-state index in [0.29, 0.717) is 18.1 Å². The highest BCUT2D eigenvalue weighted by Gasteiger charge is 2.10. The van der Waals surface area contributed by atoms with Gasteiger partial charge in [-0.25, -0.2) is 4.39 Å². The molecule has 0 fully saturated rings. The van der Waals surface area contributed by atoms with Crippen molar-refractivity contribution in [1.29, 1.82) is 0 Å². The summed E-state index contributed by atoms with van der Waals surface area (Å²) < 4.78 is 24.8. The zero-order chi connectivity index (χ0) is 19.1. The van der Waals surface area contributed by atoms with Crippen molar-refractivity contribution in [1.82, 2.24) is 4.90 Å². The molecule has 0 saturated heterocycles. The van der Waals surface area contributed by atoms with Gasteiger partial charge in [0.15, 0.2) is 5.78 Å². The SMILES string of the molecule is COc1ccc(C(=O)/C=C/c2cc(C)ccc2OCCN(C)C)c(F)c1. The predicted octanol–water partition coefficient (Wildman–Crippen LogP) is 3.98. The fourth-order valence-electron chi connectivity index (χ4n) is 2.35. The normalized spacial score (nSPS) is 11.2. The second kappa shape index (κ2) is 9.15. The van der Waals surface area contributed by atoms with Crippen molar-refractivity contribution in [3.8, 4) is 11.5 Å². The number of hydrogen-bond donors (Lipinski definition) is 0. The van der Waals surface area contributed by atoms with E-state index >= 15 is 0 Å². The summed E-state index contributed by atoms with van der Waals surface area (Å²) in [5, 5.41) is 0. The fourth-order valence-corrected chi connectivity index (χ4v) is 2.35. The number of halogens is 1. The Morgan fingerprint density at radius 3 is 2.62 bits per heavy atom. The molecule has 2 aromatic carbocycles. The summed E-state index contributed by atoms with van der Waals surface area (Å²) in [6.45, 7) is 3.29. The van der Waals surface area contributed by atoms with Crippen LogP contribution in [0.3, 0.4) is 0 Å². The Hall–Kier alpha value is -2.66. The maximum atomic E-state index is 14.0. The number of rotatable bonds is 8. The van der Waals surface area contributed by atoms with E-state index in [9.17, 15) is 9.18 Å². The number of likely N-dealkylation sites (N-methyl/N-ethyl adjacent to an activating group) is 1. The molecule has 0 aliphatic rings. The standard InChI is InChI=1S/C21H24FNO3/c1-15-5-10-21(26-12-11-23(2)3)16(13-15)6-9-20(24)18-8-7-17(25-4)14-19(18)22/h5-10,13-14H,11-12H2,1-4H3/b9-6+. The topological polar surface area (TPSA) is 38.8 Å². The molecule has 0 atom stereocenters. The molecular formula is C21H24FNO3. The second-order valence-corrected chi connectivity index (χ2v) is 6.24. The molecule has 2 aromatic rings.